The van der Waals surface area contributed by atoms with Crippen molar-refractivity contribution in [2.75, 3.05) is 37.0 Å². The summed E-state index contributed by atoms with van der Waals surface area (Å²) in [4.78, 5) is 24.8. The lowest BCUT2D eigenvalue weighted by molar-refractivity contribution is -0.862. The number of hydrogen-bond donors (Lipinski definition) is 3. The van der Waals surface area contributed by atoms with Gasteiger partial charge in [-0.1, -0.05) is 11.6 Å². The predicted octanol–water partition coefficient (Wildman–Crippen LogP) is -0.513. The zero-order valence-electron chi connectivity index (χ0n) is 14.3. The molecule has 2 atom stereocenters. The Morgan fingerprint density at radius 3 is 2.36 bits per heavy atom. The highest BCUT2D eigenvalue weighted by Crippen LogP contribution is 2.22. The maximum absolute atomic E-state index is 12.1. The van der Waals surface area contributed by atoms with E-state index in [9.17, 15) is 18.0 Å². The van der Waals surface area contributed by atoms with Crippen LogP contribution in [0.4, 0.5) is 5.69 Å². The Balaban J connectivity index is 1.79. The second kappa shape index (κ2) is 7.72. The smallest absolute Gasteiger partial charge is 0.279 e. The van der Waals surface area contributed by atoms with Crippen molar-refractivity contribution in [3.8, 4) is 0 Å². The summed E-state index contributed by atoms with van der Waals surface area (Å²) in [5, 5.41) is 6.10. The van der Waals surface area contributed by atoms with Crippen LogP contribution >= 0.6 is 11.6 Å². The highest BCUT2D eigenvalue weighted by atomic mass is 35.5. The Morgan fingerprint density at radius 1 is 1.20 bits per heavy atom. The van der Waals surface area contributed by atoms with E-state index in [1.165, 1.54) is 0 Å². The number of hydrogen-bond acceptors (Lipinski definition) is 4. The molecule has 1 aromatic carbocycles. The molecule has 2 rings (SSSR count). The van der Waals surface area contributed by atoms with Crippen LogP contribution in [0.5, 0.6) is 0 Å². The molecular formula is C16H23ClN3O4S+. The van der Waals surface area contributed by atoms with E-state index in [1.54, 1.807) is 38.2 Å². The van der Waals surface area contributed by atoms with Crippen molar-refractivity contribution in [1.82, 2.24) is 5.32 Å². The SMILES string of the molecule is C[NH+](CC(=O)Nc1ccc(Cl)cc1)CC(=O)N[C@@]1(C)CCS(=O)(=O)C1. The van der Waals surface area contributed by atoms with Gasteiger partial charge in [0.05, 0.1) is 24.1 Å². The number of likely N-dealkylation sites (N-methyl/N-ethyl adjacent to an activating group) is 1. The minimum Gasteiger partial charge on any atom is -0.345 e. The van der Waals surface area contributed by atoms with Gasteiger partial charge in [0.1, 0.15) is 0 Å². The molecule has 1 fully saturated rings. The molecule has 0 radical (unpaired) electrons. The molecule has 0 aliphatic carbocycles. The molecule has 1 saturated heterocycles. The van der Waals surface area contributed by atoms with Crippen LogP contribution in [0.15, 0.2) is 24.3 Å². The summed E-state index contributed by atoms with van der Waals surface area (Å²) in [5.41, 5.74) is -0.0859. The van der Waals surface area contributed by atoms with Gasteiger partial charge in [-0.25, -0.2) is 8.42 Å². The van der Waals surface area contributed by atoms with Gasteiger partial charge in [0.15, 0.2) is 22.9 Å². The van der Waals surface area contributed by atoms with Crippen LogP contribution in [0.2, 0.25) is 5.02 Å². The van der Waals surface area contributed by atoms with Crippen LogP contribution in [0.1, 0.15) is 13.3 Å². The molecule has 0 spiro atoms. The van der Waals surface area contributed by atoms with Gasteiger partial charge in [0.25, 0.3) is 11.8 Å². The van der Waals surface area contributed by atoms with Gasteiger partial charge >= 0.3 is 0 Å². The Labute approximate surface area is 152 Å². The molecule has 1 aliphatic rings. The van der Waals surface area contributed by atoms with Gasteiger partial charge in [-0.05, 0) is 37.6 Å². The van der Waals surface area contributed by atoms with Crippen LogP contribution in [-0.2, 0) is 19.4 Å². The zero-order chi connectivity index (χ0) is 18.7. The molecule has 9 heteroatoms. The zero-order valence-corrected chi connectivity index (χ0v) is 15.8. The van der Waals surface area contributed by atoms with E-state index in [0.29, 0.717) is 22.0 Å². The molecule has 1 aliphatic heterocycles. The van der Waals surface area contributed by atoms with Crippen molar-refractivity contribution in [2.45, 2.75) is 18.9 Å². The Morgan fingerprint density at radius 2 is 1.80 bits per heavy atom. The summed E-state index contributed by atoms with van der Waals surface area (Å²) in [7, 11) is -1.35. The van der Waals surface area contributed by atoms with Gasteiger partial charge in [0.2, 0.25) is 0 Å². The quantitative estimate of drug-likeness (QED) is 0.611. The Hall–Kier alpha value is -1.64. The number of sulfone groups is 1. The van der Waals surface area contributed by atoms with Gasteiger partial charge in [-0.15, -0.1) is 0 Å². The largest absolute Gasteiger partial charge is 0.345 e. The number of rotatable bonds is 6. The number of carbonyl (C=O) groups excluding carboxylic acids is 2. The second-order valence-corrected chi connectivity index (χ2v) is 9.44. The molecule has 2 amide bonds. The van der Waals surface area contributed by atoms with E-state index in [2.05, 4.69) is 10.6 Å². The van der Waals surface area contributed by atoms with E-state index in [4.69, 9.17) is 11.6 Å². The molecule has 7 nitrogen and oxygen atoms in total. The maximum Gasteiger partial charge on any atom is 0.279 e. The van der Waals surface area contributed by atoms with Crippen LogP contribution in [0, 0.1) is 0 Å². The van der Waals surface area contributed by atoms with Crippen LogP contribution in [-0.4, -0.2) is 57.4 Å². The number of anilines is 1. The van der Waals surface area contributed by atoms with E-state index >= 15 is 0 Å². The van der Waals surface area contributed by atoms with Crippen molar-refractivity contribution in [3.63, 3.8) is 0 Å². The van der Waals surface area contributed by atoms with Crippen molar-refractivity contribution in [1.29, 1.82) is 0 Å². The monoisotopic (exact) mass is 388 g/mol. The first-order chi connectivity index (χ1) is 11.6. The molecule has 25 heavy (non-hydrogen) atoms. The van der Waals surface area contributed by atoms with Gasteiger partial charge < -0.3 is 15.5 Å². The minimum absolute atomic E-state index is 0.0398. The fraction of sp³-hybridized carbons (Fsp3) is 0.500. The third kappa shape index (κ3) is 6.30. The van der Waals surface area contributed by atoms with Crippen molar-refractivity contribution >= 4 is 38.9 Å². The third-order valence-corrected chi connectivity index (χ3v) is 6.15. The lowest BCUT2D eigenvalue weighted by Crippen LogP contribution is -3.11. The first-order valence-corrected chi connectivity index (χ1v) is 10.1. The molecule has 3 N–H and O–H groups in total. The standard InChI is InChI=1S/C16H22ClN3O4S/c1-16(7-8-25(23,24)11-16)19-15(22)10-20(2)9-14(21)18-13-5-3-12(17)4-6-13/h3-6H,7-11H2,1-2H3,(H,18,21)(H,19,22)/p+1/t16-/m0/s1. The fourth-order valence-electron chi connectivity index (χ4n) is 2.84. The van der Waals surface area contributed by atoms with Crippen molar-refractivity contribution < 1.29 is 22.9 Å². The van der Waals surface area contributed by atoms with E-state index in [1.807, 2.05) is 0 Å². The number of amides is 2. The topological polar surface area (TPSA) is 96.8 Å². The summed E-state index contributed by atoms with van der Waals surface area (Å²) in [5.74, 6) is -0.434. The first-order valence-electron chi connectivity index (χ1n) is 7.95. The average molecular weight is 389 g/mol. The normalized spacial score (nSPS) is 23.0. The number of carbonyl (C=O) groups is 2. The van der Waals surface area contributed by atoms with Crippen molar-refractivity contribution in [2.24, 2.45) is 0 Å². The summed E-state index contributed by atoms with van der Waals surface area (Å²) >= 11 is 5.79. The Kier molecular flexibility index (Phi) is 6.08. The average Bonchev–Trinajstić information content (AvgIpc) is 2.74. The molecule has 1 unspecified atom stereocenters. The maximum atomic E-state index is 12.1. The fourth-order valence-corrected chi connectivity index (χ4v) is 5.06. The Bertz CT molecular complexity index is 751. The summed E-state index contributed by atoms with van der Waals surface area (Å²) in [6, 6.07) is 6.75. The lowest BCUT2D eigenvalue weighted by atomic mass is 10.0. The number of halogens is 1. The van der Waals surface area contributed by atoms with E-state index in [-0.39, 0.29) is 36.4 Å². The van der Waals surface area contributed by atoms with E-state index in [0.717, 1.165) is 0 Å². The van der Waals surface area contributed by atoms with Gasteiger partial charge in [0, 0.05) is 10.7 Å². The molecule has 1 aromatic rings. The van der Waals surface area contributed by atoms with Crippen LogP contribution < -0.4 is 15.5 Å². The number of quaternary nitrogens is 1. The van der Waals surface area contributed by atoms with Gasteiger partial charge in [-0.3, -0.25) is 9.59 Å². The summed E-state index contributed by atoms with van der Waals surface area (Å²) < 4.78 is 23.1. The second-order valence-electron chi connectivity index (χ2n) is 6.82. The summed E-state index contributed by atoms with van der Waals surface area (Å²) in [6.07, 6.45) is 0.414. The van der Waals surface area contributed by atoms with Crippen LogP contribution in [0.3, 0.4) is 0 Å². The third-order valence-electron chi connectivity index (χ3n) is 4.00. The molecule has 138 valence electrons. The highest BCUT2D eigenvalue weighted by molar-refractivity contribution is 7.91. The van der Waals surface area contributed by atoms with Crippen LogP contribution in [0.25, 0.3) is 0 Å². The highest BCUT2D eigenvalue weighted by Gasteiger charge is 2.39. The molecule has 0 bridgehead atoms. The predicted molar refractivity (Wildman–Crippen MR) is 96.5 cm³/mol. The number of nitrogens with one attached hydrogen (secondary N) is 3. The molecule has 0 aromatic heterocycles. The minimum atomic E-state index is -3.08. The molecule has 0 saturated carbocycles. The lowest BCUT2D eigenvalue weighted by Gasteiger charge is -2.24. The van der Waals surface area contributed by atoms with E-state index < -0.39 is 15.4 Å². The molecular weight excluding hydrogens is 366 g/mol. The van der Waals surface area contributed by atoms with Gasteiger partial charge in [-0.2, -0.15) is 0 Å². The first kappa shape index (κ1) is 19.7. The molecule has 1 heterocycles. The summed E-state index contributed by atoms with van der Waals surface area (Å²) in [6.45, 7) is 1.94. The number of benzene rings is 1. The van der Waals surface area contributed by atoms with Crippen molar-refractivity contribution in [3.05, 3.63) is 29.3 Å².